The van der Waals surface area contributed by atoms with Crippen molar-refractivity contribution in [2.75, 3.05) is 26.2 Å². The van der Waals surface area contributed by atoms with E-state index in [4.69, 9.17) is 0 Å². The van der Waals surface area contributed by atoms with Gasteiger partial charge in [-0.1, -0.05) is 6.92 Å². The second kappa shape index (κ2) is 8.62. The number of hydrogen-bond donors (Lipinski definition) is 3. The minimum Gasteiger partial charge on any atom is -0.355 e. The van der Waals surface area contributed by atoms with Crippen LogP contribution in [-0.2, 0) is 14.8 Å². The Morgan fingerprint density at radius 2 is 2.10 bits per heavy atom. The number of amides is 1. The van der Waals surface area contributed by atoms with Crippen LogP contribution in [0.3, 0.4) is 0 Å². The Kier molecular flexibility index (Phi) is 7.13. The van der Waals surface area contributed by atoms with Gasteiger partial charge >= 0.3 is 0 Å². The lowest BCUT2D eigenvalue weighted by Crippen LogP contribution is -2.34. The van der Waals surface area contributed by atoms with Gasteiger partial charge in [-0.3, -0.25) is 9.78 Å². The molecule has 0 spiro atoms. The van der Waals surface area contributed by atoms with Gasteiger partial charge in [-0.05, 0) is 18.7 Å². The van der Waals surface area contributed by atoms with Crippen LogP contribution in [0.2, 0.25) is 0 Å². The molecular weight excluding hydrogens is 280 g/mol. The molecule has 0 saturated carbocycles. The molecule has 1 heterocycles. The number of sulfonamides is 1. The second-order valence-corrected chi connectivity index (χ2v) is 5.81. The summed E-state index contributed by atoms with van der Waals surface area (Å²) in [5, 5.41) is 5.77. The first-order valence-electron chi connectivity index (χ1n) is 6.43. The van der Waals surface area contributed by atoms with Gasteiger partial charge in [0, 0.05) is 38.4 Å². The van der Waals surface area contributed by atoms with Crippen LogP contribution >= 0.6 is 0 Å². The molecule has 3 N–H and O–H groups in total. The third kappa shape index (κ3) is 6.09. The van der Waals surface area contributed by atoms with Crippen LogP contribution in [0.15, 0.2) is 29.4 Å². The van der Waals surface area contributed by atoms with Gasteiger partial charge in [0.05, 0.1) is 0 Å². The lowest BCUT2D eigenvalue weighted by atomic mass is 10.4. The highest BCUT2D eigenvalue weighted by Crippen LogP contribution is 2.04. The summed E-state index contributed by atoms with van der Waals surface area (Å²) in [5.41, 5.74) is 0. The maximum atomic E-state index is 11.8. The van der Waals surface area contributed by atoms with Gasteiger partial charge in [0.15, 0.2) is 0 Å². The lowest BCUT2D eigenvalue weighted by Gasteiger charge is -2.07. The minimum atomic E-state index is -3.59. The summed E-state index contributed by atoms with van der Waals surface area (Å²) in [6.45, 7) is 4.12. The minimum absolute atomic E-state index is 0.0598. The molecular formula is C12H20N4O3S. The molecule has 0 unspecified atom stereocenters. The Hall–Kier alpha value is -1.51. The summed E-state index contributed by atoms with van der Waals surface area (Å²) in [4.78, 5) is 15.3. The van der Waals surface area contributed by atoms with E-state index in [-0.39, 0.29) is 23.8 Å². The fraction of sp³-hybridized carbons (Fsp3) is 0.500. The predicted molar refractivity (Wildman–Crippen MR) is 75.6 cm³/mol. The monoisotopic (exact) mass is 300 g/mol. The largest absolute Gasteiger partial charge is 0.355 e. The van der Waals surface area contributed by atoms with Crippen LogP contribution in [-0.4, -0.2) is 45.5 Å². The Labute approximate surface area is 119 Å². The van der Waals surface area contributed by atoms with Crippen molar-refractivity contribution < 1.29 is 13.2 Å². The molecule has 7 nitrogen and oxygen atoms in total. The van der Waals surface area contributed by atoms with Crippen molar-refractivity contribution in [3.63, 3.8) is 0 Å². The van der Waals surface area contributed by atoms with E-state index in [2.05, 4.69) is 20.3 Å². The van der Waals surface area contributed by atoms with Crippen molar-refractivity contribution in [1.82, 2.24) is 20.3 Å². The summed E-state index contributed by atoms with van der Waals surface area (Å²) in [5.74, 6) is -0.184. The van der Waals surface area contributed by atoms with Gasteiger partial charge < -0.3 is 10.6 Å². The summed E-state index contributed by atoms with van der Waals surface area (Å²) >= 11 is 0. The van der Waals surface area contributed by atoms with Crippen LogP contribution < -0.4 is 15.4 Å². The van der Waals surface area contributed by atoms with Gasteiger partial charge in [0.2, 0.25) is 15.9 Å². The van der Waals surface area contributed by atoms with E-state index in [1.807, 2.05) is 6.92 Å². The Morgan fingerprint density at radius 3 is 2.75 bits per heavy atom. The van der Waals surface area contributed by atoms with Crippen LogP contribution in [0.25, 0.3) is 0 Å². The van der Waals surface area contributed by atoms with E-state index < -0.39 is 10.0 Å². The summed E-state index contributed by atoms with van der Waals surface area (Å²) in [7, 11) is -3.59. The zero-order chi connectivity index (χ0) is 14.8. The number of likely N-dealkylation sites (N-methyl/N-ethyl adjacent to an activating group) is 1. The molecule has 1 aromatic heterocycles. The third-order valence-electron chi connectivity index (χ3n) is 2.46. The quantitative estimate of drug-likeness (QED) is 0.533. The number of carbonyl (C=O) groups is 1. The molecule has 0 aliphatic rings. The van der Waals surface area contributed by atoms with E-state index in [0.29, 0.717) is 13.1 Å². The molecule has 1 amide bonds. The summed E-state index contributed by atoms with van der Waals surface area (Å²) in [6.07, 6.45) is 2.86. The molecule has 0 aliphatic carbocycles. The molecule has 20 heavy (non-hydrogen) atoms. The molecule has 0 bridgehead atoms. The Balaban J connectivity index is 2.28. The van der Waals surface area contributed by atoms with E-state index in [0.717, 1.165) is 6.54 Å². The van der Waals surface area contributed by atoms with Crippen molar-refractivity contribution in [2.24, 2.45) is 0 Å². The molecule has 0 saturated heterocycles. The standard InChI is InChI=1S/C12H20N4O3S/c1-2-13-8-9-15-12(17)5-7-16-20(18,19)11-4-3-6-14-10-11/h3-4,6,10,13,16H,2,5,7-9H2,1H3,(H,15,17). The van der Waals surface area contributed by atoms with E-state index in [1.165, 1.54) is 18.5 Å². The van der Waals surface area contributed by atoms with E-state index >= 15 is 0 Å². The summed E-state index contributed by atoms with van der Waals surface area (Å²) in [6, 6.07) is 2.99. The van der Waals surface area contributed by atoms with E-state index in [9.17, 15) is 13.2 Å². The molecule has 0 atom stereocenters. The normalized spacial score (nSPS) is 11.2. The number of hydrogen-bond acceptors (Lipinski definition) is 5. The molecule has 8 heteroatoms. The smallest absolute Gasteiger partial charge is 0.242 e. The number of nitrogens with one attached hydrogen (secondary N) is 3. The van der Waals surface area contributed by atoms with Crippen LogP contribution in [0.4, 0.5) is 0 Å². The number of rotatable bonds is 9. The van der Waals surface area contributed by atoms with Crippen LogP contribution in [0.1, 0.15) is 13.3 Å². The van der Waals surface area contributed by atoms with Crippen molar-refractivity contribution >= 4 is 15.9 Å². The maximum Gasteiger partial charge on any atom is 0.242 e. The number of pyridine rings is 1. The highest BCUT2D eigenvalue weighted by atomic mass is 32.2. The molecule has 1 rings (SSSR count). The molecule has 0 aliphatic heterocycles. The lowest BCUT2D eigenvalue weighted by molar-refractivity contribution is -0.120. The van der Waals surface area contributed by atoms with Gasteiger partial charge in [-0.25, -0.2) is 13.1 Å². The molecule has 1 aromatic rings. The average molecular weight is 300 g/mol. The summed E-state index contributed by atoms with van der Waals surface area (Å²) < 4.78 is 26.0. The first-order valence-corrected chi connectivity index (χ1v) is 7.91. The highest BCUT2D eigenvalue weighted by Gasteiger charge is 2.13. The van der Waals surface area contributed by atoms with Crippen LogP contribution in [0, 0.1) is 0 Å². The molecule has 112 valence electrons. The molecule has 0 fully saturated rings. The fourth-order valence-corrected chi connectivity index (χ4v) is 2.44. The maximum absolute atomic E-state index is 11.8. The fourth-order valence-electron chi connectivity index (χ4n) is 1.44. The second-order valence-electron chi connectivity index (χ2n) is 4.04. The Morgan fingerprint density at radius 1 is 1.30 bits per heavy atom. The third-order valence-corrected chi connectivity index (χ3v) is 3.91. The number of nitrogens with zero attached hydrogens (tertiary/aromatic N) is 1. The van der Waals surface area contributed by atoms with Gasteiger partial charge in [0.25, 0.3) is 0 Å². The molecule has 0 radical (unpaired) electrons. The van der Waals surface area contributed by atoms with E-state index in [1.54, 1.807) is 6.07 Å². The van der Waals surface area contributed by atoms with Crippen molar-refractivity contribution in [2.45, 2.75) is 18.2 Å². The Bertz CT molecular complexity index is 505. The van der Waals surface area contributed by atoms with Crippen molar-refractivity contribution in [3.8, 4) is 0 Å². The van der Waals surface area contributed by atoms with Gasteiger partial charge in [-0.2, -0.15) is 0 Å². The topological polar surface area (TPSA) is 100 Å². The SMILES string of the molecule is CCNCCNC(=O)CCNS(=O)(=O)c1cccnc1. The van der Waals surface area contributed by atoms with Gasteiger partial charge in [0.1, 0.15) is 4.90 Å². The first-order chi connectivity index (χ1) is 9.56. The highest BCUT2D eigenvalue weighted by molar-refractivity contribution is 7.89. The van der Waals surface area contributed by atoms with Crippen molar-refractivity contribution in [1.29, 1.82) is 0 Å². The first kappa shape index (κ1) is 16.5. The zero-order valence-electron chi connectivity index (χ0n) is 11.4. The number of carbonyl (C=O) groups excluding carboxylic acids is 1. The molecule has 0 aromatic carbocycles. The zero-order valence-corrected chi connectivity index (χ0v) is 12.2. The van der Waals surface area contributed by atoms with Gasteiger partial charge in [-0.15, -0.1) is 0 Å². The average Bonchev–Trinajstić information content (AvgIpc) is 2.44. The predicted octanol–water partition coefficient (Wildman–Crippen LogP) is -0.524. The number of aromatic nitrogens is 1. The van der Waals surface area contributed by atoms with Crippen LogP contribution in [0.5, 0.6) is 0 Å². The van der Waals surface area contributed by atoms with Crippen molar-refractivity contribution in [3.05, 3.63) is 24.5 Å².